The number of carbonyl (C=O) groups is 1. The standard InChI is InChI=1S/C12H18BrN3O2/c1-11(2,3)12(9-14-7-8(13)15-9)5-4-6-16(12)10(17)18/h7H,4-6H2,1-3H3,(H,14,15)(H,17,18). The molecule has 1 aliphatic heterocycles. The molecular formula is C12H18BrN3O2. The largest absolute Gasteiger partial charge is 0.465 e. The van der Waals surface area contributed by atoms with E-state index < -0.39 is 11.6 Å². The Balaban J connectivity index is 2.58. The lowest BCUT2D eigenvalue weighted by atomic mass is 9.71. The van der Waals surface area contributed by atoms with E-state index in [9.17, 15) is 9.90 Å². The van der Waals surface area contributed by atoms with Gasteiger partial charge in [0.2, 0.25) is 0 Å². The van der Waals surface area contributed by atoms with Gasteiger partial charge in [0, 0.05) is 12.7 Å². The van der Waals surface area contributed by atoms with E-state index in [4.69, 9.17) is 0 Å². The highest BCUT2D eigenvalue weighted by Crippen LogP contribution is 2.50. The molecule has 1 atom stereocenters. The zero-order valence-corrected chi connectivity index (χ0v) is 12.4. The molecule has 1 aliphatic rings. The summed E-state index contributed by atoms with van der Waals surface area (Å²) in [4.78, 5) is 20.6. The molecule has 0 saturated carbocycles. The summed E-state index contributed by atoms with van der Waals surface area (Å²) in [5.74, 6) is 0.724. The van der Waals surface area contributed by atoms with Gasteiger partial charge < -0.3 is 10.1 Å². The third-order valence-electron chi connectivity index (χ3n) is 3.79. The van der Waals surface area contributed by atoms with Gasteiger partial charge in [-0.3, -0.25) is 4.90 Å². The molecule has 100 valence electrons. The van der Waals surface area contributed by atoms with Crippen LogP contribution < -0.4 is 0 Å². The van der Waals surface area contributed by atoms with Crippen molar-refractivity contribution in [2.45, 2.75) is 39.2 Å². The van der Waals surface area contributed by atoms with Crippen molar-refractivity contribution in [1.29, 1.82) is 0 Å². The van der Waals surface area contributed by atoms with E-state index in [2.05, 4.69) is 46.7 Å². The van der Waals surface area contributed by atoms with Gasteiger partial charge in [0.25, 0.3) is 0 Å². The number of aromatic nitrogens is 2. The molecule has 1 aromatic rings. The fourth-order valence-electron chi connectivity index (χ4n) is 2.97. The van der Waals surface area contributed by atoms with E-state index in [-0.39, 0.29) is 5.41 Å². The number of nitrogens with one attached hydrogen (secondary N) is 1. The van der Waals surface area contributed by atoms with Crippen LogP contribution in [0, 0.1) is 5.41 Å². The number of hydrogen-bond donors (Lipinski definition) is 2. The summed E-state index contributed by atoms with van der Waals surface area (Å²) in [6.07, 6.45) is 2.53. The first kappa shape index (κ1) is 13.4. The molecule has 1 saturated heterocycles. The third kappa shape index (κ3) is 1.83. The van der Waals surface area contributed by atoms with E-state index in [0.717, 1.165) is 18.7 Å². The fourth-order valence-corrected chi connectivity index (χ4v) is 3.26. The van der Waals surface area contributed by atoms with Gasteiger partial charge in [-0.2, -0.15) is 0 Å². The van der Waals surface area contributed by atoms with Crippen molar-refractivity contribution in [3.05, 3.63) is 16.6 Å². The average Bonchev–Trinajstić information content (AvgIpc) is 2.81. The van der Waals surface area contributed by atoms with Crippen molar-refractivity contribution in [2.75, 3.05) is 6.54 Å². The molecular weight excluding hydrogens is 298 g/mol. The lowest BCUT2D eigenvalue weighted by Gasteiger charge is -2.45. The molecule has 2 heterocycles. The Morgan fingerprint density at radius 1 is 1.61 bits per heavy atom. The minimum Gasteiger partial charge on any atom is -0.465 e. The first-order valence-corrected chi connectivity index (χ1v) is 6.80. The number of likely N-dealkylation sites (tertiary alicyclic amines) is 1. The number of aromatic amines is 1. The number of halogens is 1. The third-order valence-corrected chi connectivity index (χ3v) is 4.20. The zero-order chi connectivity index (χ0) is 13.6. The smallest absolute Gasteiger partial charge is 0.408 e. The van der Waals surface area contributed by atoms with Crippen LogP contribution in [0.5, 0.6) is 0 Å². The molecule has 0 aliphatic carbocycles. The maximum absolute atomic E-state index is 11.5. The molecule has 1 unspecified atom stereocenters. The van der Waals surface area contributed by atoms with Crippen molar-refractivity contribution in [2.24, 2.45) is 5.41 Å². The molecule has 5 nitrogen and oxygen atoms in total. The second-order valence-electron chi connectivity index (χ2n) is 5.72. The average molecular weight is 316 g/mol. The highest BCUT2D eigenvalue weighted by atomic mass is 79.9. The summed E-state index contributed by atoms with van der Waals surface area (Å²) in [7, 11) is 0. The van der Waals surface area contributed by atoms with Crippen molar-refractivity contribution in [3.8, 4) is 0 Å². The summed E-state index contributed by atoms with van der Waals surface area (Å²) in [6, 6.07) is 0. The van der Waals surface area contributed by atoms with Gasteiger partial charge in [0.05, 0.1) is 0 Å². The molecule has 1 aromatic heterocycles. The maximum Gasteiger partial charge on any atom is 0.408 e. The molecule has 2 rings (SSSR count). The van der Waals surface area contributed by atoms with Gasteiger partial charge in [0.1, 0.15) is 16.0 Å². The normalized spacial score (nSPS) is 24.6. The summed E-state index contributed by atoms with van der Waals surface area (Å²) in [6.45, 7) is 6.74. The van der Waals surface area contributed by atoms with Crippen molar-refractivity contribution in [1.82, 2.24) is 14.9 Å². The highest BCUT2D eigenvalue weighted by Gasteiger charge is 2.55. The Hall–Kier alpha value is -1.04. The number of imidazole rings is 1. The monoisotopic (exact) mass is 315 g/mol. The van der Waals surface area contributed by atoms with Gasteiger partial charge in [0.15, 0.2) is 0 Å². The molecule has 0 spiro atoms. The minimum atomic E-state index is -0.880. The molecule has 18 heavy (non-hydrogen) atoms. The van der Waals surface area contributed by atoms with Crippen LogP contribution in [-0.4, -0.2) is 32.6 Å². The van der Waals surface area contributed by atoms with Crippen LogP contribution in [0.25, 0.3) is 0 Å². The topological polar surface area (TPSA) is 69.2 Å². The van der Waals surface area contributed by atoms with Gasteiger partial charge >= 0.3 is 6.09 Å². The molecule has 1 fully saturated rings. The van der Waals surface area contributed by atoms with E-state index in [1.54, 1.807) is 6.20 Å². The molecule has 1 amide bonds. The molecule has 0 bridgehead atoms. The Kier molecular flexibility index (Phi) is 3.17. The fraction of sp³-hybridized carbons (Fsp3) is 0.667. The van der Waals surface area contributed by atoms with Gasteiger partial charge in [-0.15, -0.1) is 0 Å². The van der Waals surface area contributed by atoms with Gasteiger partial charge in [-0.25, -0.2) is 9.78 Å². The Labute approximate surface area is 115 Å². The van der Waals surface area contributed by atoms with E-state index in [1.807, 2.05) is 0 Å². The lowest BCUT2D eigenvalue weighted by molar-refractivity contribution is 0.0216. The Morgan fingerprint density at radius 2 is 2.28 bits per heavy atom. The Bertz CT molecular complexity index is 466. The Morgan fingerprint density at radius 3 is 2.72 bits per heavy atom. The second kappa shape index (κ2) is 4.26. The summed E-state index contributed by atoms with van der Waals surface area (Å²) >= 11 is 3.32. The number of H-pyrrole nitrogens is 1. The minimum absolute atomic E-state index is 0.223. The quantitative estimate of drug-likeness (QED) is 0.836. The predicted molar refractivity (Wildman–Crippen MR) is 71.4 cm³/mol. The van der Waals surface area contributed by atoms with Gasteiger partial charge in [-0.1, -0.05) is 20.8 Å². The molecule has 0 radical (unpaired) electrons. The molecule has 6 heteroatoms. The number of amides is 1. The molecule has 2 N–H and O–H groups in total. The van der Waals surface area contributed by atoms with Crippen LogP contribution >= 0.6 is 15.9 Å². The first-order chi connectivity index (χ1) is 8.29. The number of nitrogens with zero attached hydrogens (tertiary/aromatic N) is 2. The van der Waals surface area contributed by atoms with Crippen LogP contribution in [0.4, 0.5) is 4.79 Å². The zero-order valence-electron chi connectivity index (χ0n) is 10.8. The van der Waals surface area contributed by atoms with E-state index in [1.165, 1.54) is 4.90 Å². The lowest BCUT2D eigenvalue weighted by Crippen LogP contribution is -2.53. The highest BCUT2D eigenvalue weighted by molar-refractivity contribution is 9.10. The van der Waals surface area contributed by atoms with Crippen LogP contribution in [0.3, 0.4) is 0 Å². The van der Waals surface area contributed by atoms with Gasteiger partial charge in [-0.05, 0) is 34.2 Å². The number of hydrogen-bond acceptors (Lipinski definition) is 2. The first-order valence-electron chi connectivity index (χ1n) is 6.01. The van der Waals surface area contributed by atoms with E-state index >= 15 is 0 Å². The maximum atomic E-state index is 11.5. The van der Waals surface area contributed by atoms with Crippen LogP contribution in [0.1, 0.15) is 39.4 Å². The summed E-state index contributed by atoms with van der Waals surface area (Å²) in [5.41, 5.74) is -0.802. The van der Waals surface area contributed by atoms with Crippen molar-refractivity contribution < 1.29 is 9.90 Å². The SMILES string of the molecule is CC(C)(C)C1(c2nc(Br)c[nH]2)CCCN1C(=O)O. The number of carboxylic acid groups (broad SMARTS) is 1. The van der Waals surface area contributed by atoms with Crippen LogP contribution in [-0.2, 0) is 5.54 Å². The predicted octanol–water partition coefficient (Wildman–Crippen LogP) is 3.19. The van der Waals surface area contributed by atoms with Crippen LogP contribution in [0.15, 0.2) is 10.8 Å². The number of rotatable bonds is 1. The van der Waals surface area contributed by atoms with Crippen LogP contribution in [0.2, 0.25) is 0 Å². The second-order valence-corrected chi connectivity index (χ2v) is 6.53. The molecule has 0 aromatic carbocycles. The van der Waals surface area contributed by atoms with Crippen molar-refractivity contribution >= 4 is 22.0 Å². The summed E-state index contributed by atoms with van der Waals surface area (Å²) < 4.78 is 0.707. The van der Waals surface area contributed by atoms with E-state index in [0.29, 0.717) is 11.1 Å². The summed E-state index contributed by atoms with van der Waals surface area (Å²) in [5, 5.41) is 9.45. The van der Waals surface area contributed by atoms with Crippen molar-refractivity contribution in [3.63, 3.8) is 0 Å².